The Hall–Kier alpha value is -3.27. The Bertz CT molecular complexity index is 982. The van der Waals surface area contributed by atoms with Gasteiger partial charge in [-0.15, -0.1) is 0 Å². The molecule has 0 saturated heterocycles. The number of hydrogen-bond acceptors (Lipinski definition) is 3. The lowest BCUT2D eigenvalue weighted by atomic mass is 10.1. The first-order chi connectivity index (χ1) is 12.2. The minimum Gasteiger partial charge on any atom is -0.319 e. The van der Waals surface area contributed by atoms with Gasteiger partial charge in [-0.3, -0.25) is 4.98 Å². The van der Waals surface area contributed by atoms with E-state index >= 15 is 0 Å². The van der Waals surface area contributed by atoms with Crippen LogP contribution < -0.4 is 0 Å². The second kappa shape index (κ2) is 6.32. The fourth-order valence-electron chi connectivity index (χ4n) is 3.02. The topological polar surface area (TPSA) is 43.6 Å². The molecule has 25 heavy (non-hydrogen) atoms. The molecule has 0 amide bonds. The average molecular weight is 326 g/mol. The van der Waals surface area contributed by atoms with Crippen LogP contribution in [0.4, 0.5) is 0 Å². The molecule has 0 aliphatic rings. The zero-order chi connectivity index (χ0) is 17.2. The summed E-state index contributed by atoms with van der Waals surface area (Å²) in [7, 11) is 0. The lowest BCUT2D eigenvalue weighted by Gasteiger charge is -2.10. The van der Waals surface area contributed by atoms with Crippen LogP contribution >= 0.6 is 0 Å². The van der Waals surface area contributed by atoms with Gasteiger partial charge in [-0.2, -0.15) is 0 Å². The van der Waals surface area contributed by atoms with Crippen LogP contribution in [-0.2, 0) is 0 Å². The molecular weight excluding hydrogens is 308 g/mol. The Morgan fingerprint density at radius 3 is 2.04 bits per heavy atom. The van der Waals surface area contributed by atoms with Crippen LogP contribution in [0.3, 0.4) is 0 Å². The monoisotopic (exact) mass is 326 g/mol. The van der Waals surface area contributed by atoms with E-state index in [0.29, 0.717) is 5.82 Å². The van der Waals surface area contributed by atoms with Crippen molar-refractivity contribution in [1.82, 2.24) is 19.5 Å². The first-order valence-electron chi connectivity index (χ1n) is 8.21. The summed E-state index contributed by atoms with van der Waals surface area (Å²) in [6.45, 7) is 4.23. The van der Waals surface area contributed by atoms with Gasteiger partial charge in [0, 0.05) is 46.8 Å². The van der Waals surface area contributed by atoms with Gasteiger partial charge in [0.25, 0.3) is 0 Å². The van der Waals surface area contributed by atoms with Crippen molar-refractivity contribution in [3.8, 4) is 28.3 Å². The number of hydrogen-bond donors (Lipinski definition) is 0. The SMILES string of the molecule is Cc1ccc(C)n1-c1ccc(-c2ccnc(-c3ccncc3)n2)cc1. The fourth-order valence-corrected chi connectivity index (χ4v) is 3.02. The van der Waals surface area contributed by atoms with Crippen molar-refractivity contribution in [3.63, 3.8) is 0 Å². The maximum atomic E-state index is 4.70. The molecule has 0 aliphatic carbocycles. The highest BCUT2D eigenvalue weighted by Crippen LogP contribution is 2.23. The Morgan fingerprint density at radius 2 is 1.36 bits per heavy atom. The molecule has 1 aromatic carbocycles. The molecule has 3 heterocycles. The first kappa shape index (κ1) is 15.3. The molecule has 0 atom stereocenters. The number of aromatic nitrogens is 4. The second-order valence-corrected chi connectivity index (χ2v) is 6.00. The van der Waals surface area contributed by atoms with E-state index in [-0.39, 0.29) is 0 Å². The average Bonchev–Trinajstić information content (AvgIpc) is 3.01. The summed E-state index contributed by atoms with van der Waals surface area (Å²) in [5.74, 6) is 0.709. The largest absolute Gasteiger partial charge is 0.319 e. The van der Waals surface area contributed by atoms with Gasteiger partial charge in [-0.1, -0.05) is 12.1 Å². The molecule has 4 heteroatoms. The molecule has 3 aromatic heterocycles. The number of pyridine rings is 1. The number of aryl methyl sites for hydroxylation is 2. The van der Waals surface area contributed by atoms with Crippen molar-refractivity contribution < 1.29 is 0 Å². The molecule has 0 N–H and O–H groups in total. The fraction of sp³-hybridized carbons (Fsp3) is 0.0952. The van der Waals surface area contributed by atoms with Crippen molar-refractivity contribution in [2.45, 2.75) is 13.8 Å². The van der Waals surface area contributed by atoms with Crippen molar-refractivity contribution in [2.24, 2.45) is 0 Å². The first-order valence-corrected chi connectivity index (χ1v) is 8.21. The number of benzene rings is 1. The molecule has 122 valence electrons. The molecule has 4 aromatic rings. The minimum atomic E-state index is 0.709. The molecule has 0 spiro atoms. The van der Waals surface area contributed by atoms with Gasteiger partial charge in [0.15, 0.2) is 5.82 Å². The molecule has 0 saturated carbocycles. The Morgan fingerprint density at radius 1 is 0.680 bits per heavy atom. The lowest BCUT2D eigenvalue weighted by Crippen LogP contribution is -1.98. The van der Waals surface area contributed by atoms with E-state index in [0.717, 1.165) is 22.5 Å². The molecule has 4 nitrogen and oxygen atoms in total. The third kappa shape index (κ3) is 2.94. The third-order valence-corrected chi connectivity index (χ3v) is 4.29. The normalized spacial score (nSPS) is 10.8. The highest BCUT2D eigenvalue weighted by atomic mass is 15.0. The van der Waals surface area contributed by atoms with E-state index in [1.54, 1.807) is 18.6 Å². The van der Waals surface area contributed by atoms with E-state index in [9.17, 15) is 0 Å². The highest BCUT2D eigenvalue weighted by molar-refractivity contribution is 5.64. The quantitative estimate of drug-likeness (QED) is 0.552. The molecular formula is C21H18N4. The predicted octanol–water partition coefficient (Wildman–Crippen LogP) is 4.61. The van der Waals surface area contributed by atoms with Crippen LogP contribution in [-0.4, -0.2) is 19.5 Å². The van der Waals surface area contributed by atoms with Crippen LogP contribution in [0, 0.1) is 13.8 Å². The molecule has 0 aliphatic heterocycles. The van der Waals surface area contributed by atoms with Crippen molar-refractivity contribution in [2.75, 3.05) is 0 Å². The number of rotatable bonds is 3. The minimum absolute atomic E-state index is 0.709. The smallest absolute Gasteiger partial charge is 0.159 e. The molecule has 0 unspecified atom stereocenters. The Kier molecular flexibility index (Phi) is 3.86. The Balaban J connectivity index is 1.69. The van der Waals surface area contributed by atoms with Crippen molar-refractivity contribution in [3.05, 3.63) is 84.6 Å². The van der Waals surface area contributed by atoms with Gasteiger partial charge in [0.2, 0.25) is 0 Å². The second-order valence-electron chi connectivity index (χ2n) is 6.00. The van der Waals surface area contributed by atoms with E-state index in [2.05, 4.69) is 64.8 Å². The zero-order valence-corrected chi connectivity index (χ0v) is 14.2. The van der Waals surface area contributed by atoms with E-state index in [1.807, 2.05) is 18.2 Å². The summed E-state index contributed by atoms with van der Waals surface area (Å²) in [6, 6.07) is 18.5. The molecule has 4 rings (SSSR count). The maximum absolute atomic E-state index is 4.70. The van der Waals surface area contributed by atoms with Crippen LogP contribution in [0.1, 0.15) is 11.4 Å². The van der Waals surface area contributed by atoms with Gasteiger partial charge in [-0.05, 0) is 56.3 Å². The zero-order valence-electron chi connectivity index (χ0n) is 14.2. The summed E-state index contributed by atoms with van der Waals surface area (Å²) >= 11 is 0. The summed E-state index contributed by atoms with van der Waals surface area (Å²) in [4.78, 5) is 13.1. The van der Waals surface area contributed by atoms with Gasteiger partial charge < -0.3 is 4.57 Å². The lowest BCUT2D eigenvalue weighted by molar-refractivity contribution is 0.966. The highest BCUT2D eigenvalue weighted by Gasteiger charge is 2.07. The maximum Gasteiger partial charge on any atom is 0.159 e. The van der Waals surface area contributed by atoms with Crippen molar-refractivity contribution >= 4 is 0 Å². The summed E-state index contributed by atoms with van der Waals surface area (Å²) in [5, 5.41) is 0. The summed E-state index contributed by atoms with van der Waals surface area (Å²) < 4.78 is 2.24. The number of nitrogens with zero attached hydrogens (tertiary/aromatic N) is 4. The standard InChI is InChI=1S/C21H18N4/c1-15-3-4-16(2)25(15)19-7-5-17(6-8-19)20-11-14-23-21(24-20)18-9-12-22-13-10-18/h3-14H,1-2H3. The summed E-state index contributed by atoms with van der Waals surface area (Å²) in [5.41, 5.74) is 6.57. The van der Waals surface area contributed by atoms with Crippen LogP contribution in [0.25, 0.3) is 28.3 Å². The molecule has 0 bridgehead atoms. The Labute approximate surface area is 146 Å². The summed E-state index contributed by atoms with van der Waals surface area (Å²) in [6.07, 6.45) is 5.30. The van der Waals surface area contributed by atoms with Crippen LogP contribution in [0.15, 0.2) is 73.2 Å². The van der Waals surface area contributed by atoms with E-state index in [4.69, 9.17) is 4.98 Å². The van der Waals surface area contributed by atoms with E-state index in [1.165, 1.54) is 11.4 Å². The van der Waals surface area contributed by atoms with Crippen LogP contribution in [0.5, 0.6) is 0 Å². The predicted molar refractivity (Wildman–Crippen MR) is 99.5 cm³/mol. The van der Waals surface area contributed by atoms with Gasteiger partial charge >= 0.3 is 0 Å². The third-order valence-electron chi connectivity index (χ3n) is 4.29. The molecule has 0 radical (unpaired) electrons. The van der Waals surface area contributed by atoms with Gasteiger partial charge in [0.1, 0.15) is 0 Å². The van der Waals surface area contributed by atoms with Gasteiger partial charge in [-0.25, -0.2) is 9.97 Å². The van der Waals surface area contributed by atoms with E-state index < -0.39 is 0 Å². The van der Waals surface area contributed by atoms with Crippen molar-refractivity contribution in [1.29, 1.82) is 0 Å². The molecule has 0 fully saturated rings. The van der Waals surface area contributed by atoms with Crippen LogP contribution in [0.2, 0.25) is 0 Å². The van der Waals surface area contributed by atoms with Gasteiger partial charge in [0.05, 0.1) is 5.69 Å².